The molecular formula is C10H9F3N2O3. The average molecular weight is 262 g/mol. The Balaban J connectivity index is 3.10. The zero-order valence-corrected chi connectivity index (χ0v) is 9.23. The summed E-state index contributed by atoms with van der Waals surface area (Å²) in [6.45, 7) is -0.689. The van der Waals surface area contributed by atoms with Crippen molar-refractivity contribution in [3.05, 3.63) is 29.6 Å². The Hall–Kier alpha value is -2.12. The van der Waals surface area contributed by atoms with Crippen LogP contribution in [0.4, 0.5) is 13.2 Å². The Kier molecular flexibility index (Phi) is 3.89. The number of rotatable bonds is 3. The molecule has 18 heavy (non-hydrogen) atoms. The molecule has 1 aromatic heterocycles. The lowest BCUT2D eigenvalue weighted by Crippen LogP contribution is -2.33. The summed E-state index contributed by atoms with van der Waals surface area (Å²) in [5.74, 6) is -2.36. The molecule has 0 spiro atoms. The second-order valence-corrected chi connectivity index (χ2v) is 3.45. The van der Waals surface area contributed by atoms with Crippen LogP contribution in [0.2, 0.25) is 0 Å². The molecule has 1 amide bonds. The minimum atomic E-state index is -4.77. The second kappa shape index (κ2) is 5.03. The van der Waals surface area contributed by atoms with Crippen molar-refractivity contribution in [1.82, 2.24) is 9.88 Å². The number of amides is 1. The summed E-state index contributed by atoms with van der Waals surface area (Å²) < 4.78 is 37.8. The molecule has 0 saturated heterocycles. The van der Waals surface area contributed by atoms with Gasteiger partial charge in [0.15, 0.2) is 5.69 Å². The monoisotopic (exact) mass is 262 g/mol. The van der Waals surface area contributed by atoms with Gasteiger partial charge in [-0.05, 0) is 12.1 Å². The maximum absolute atomic E-state index is 12.6. The molecule has 98 valence electrons. The molecule has 1 rings (SSSR count). The van der Waals surface area contributed by atoms with Crippen molar-refractivity contribution in [3.8, 4) is 0 Å². The van der Waals surface area contributed by atoms with Crippen LogP contribution in [0.5, 0.6) is 0 Å². The summed E-state index contributed by atoms with van der Waals surface area (Å²) in [5, 5.41) is 8.48. The molecule has 0 atom stereocenters. The summed E-state index contributed by atoms with van der Waals surface area (Å²) in [7, 11) is 1.10. The van der Waals surface area contributed by atoms with E-state index in [0.717, 1.165) is 19.3 Å². The van der Waals surface area contributed by atoms with Gasteiger partial charge in [0.1, 0.15) is 6.54 Å². The number of carbonyl (C=O) groups excluding carboxylic acids is 1. The van der Waals surface area contributed by atoms with E-state index in [9.17, 15) is 22.8 Å². The van der Waals surface area contributed by atoms with Crippen LogP contribution in [0.15, 0.2) is 18.3 Å². The van der Waals surface area contributed by atoms with E-state index in [4.69, 9.17) is 5.11 Å². The number of pyridine rings is 1. The number of aliphatic carboxylic acids is 1. The fourth-order valence-corrected chi connectivity index (χ4v) is 1.28. The molecule has 1 heterocycles. The van der Waals surface area contributed by atoms with Gasteiger partial charge in [0, 0.05) is 13.2 Å². The van der Waals surface area contributed by atoms with Gasteiger partial charge in [-0.25, -0.2) is 0 Å². The third kappa shape index (κ3) is 3.19. The van der Waals surface area contributed by atoms with E-state index in [-0.39, 0.29) is 0 Å². The molecule has 0 bridgehead atoms. The van der Waals surface area contributed by atoms with Gasteiger partial charge in [0.05, 0.1) is 5.56 Å². The molecule has 0 unspecified atom stereocenters. The van der Waals surface area contributed by atoms with Crippen LogP contribution in [0.3, 0.4) is 0 Å². The van der Waals surface area contributed by atoms with Crippen LogP contribution in [0.25, 0.3) is 0 Å². The van der Waals surface area contributed by atoms with Crippen molar-refractivity contribution in [3.63, 3.8) is 0 Å². The Labute approximate surface area is 99.8 Å². The maximum atomic E-state index is 12.6. The summed E-state index contributed by atoms with van der Waals surface area (Å²) >= 11 is 0. The van der Waals surface area contributed by atoms with Crippen LogP contribution in [-0.4, -0.2) is 40.5 Å². The number of hydrogen-bond donors (Lipinski definition) is 1. The fraction of sp³-hybridized carbons (Fsp3) is 0.300. The number of aromatic nitrogens is 1. The molecule has 0 aliphatic carbocycles. The van der Waals surface area contributed by atoms with Crippen molar-refractivity contribution < 1.29 is 27.9 Å². The minimum Gasteiger partial charge on any atom is -0.480 e. The van der Waals surface area contributed by atoms with Crippen molar-refractivity contribution in [2.75, 3.05) is 13.6 Å². The summed E-state index contributed by atoms with van der Waals surface area (Å²) in [5.41, 5.74) is -2.00. The van der Waals surface area contributed by atoms with Crippen LogP contribution < -0.4 is 0 Å². The standard InChI is InChI=1S/C10H9F3N2O3/c1-15(5-7(16)17)9(18)6-3-2-4-14-8(6)10(11,12)13/h2-4H,5H2,1H3,(H,16,17). The molecule has 5 nitrogen and oxygen atoms in total. The predicted molar refractivity (Wildman–Crippen MR) is 53.8 cm³/mol. The van der Waals surface area contributed by atoms with Crippen LogP contribution >= 0.6 is 0 Å². The van der Waals surface area contributed by atoms with E-state index >= 15 is 0 Å². The van der Waals surface area contributed by atoms with Crippen molar-refractivity contribution in [2.24, 2.45) is 0 Å². The number of carbonyl (C=O) groups is 2. The zero-order valence-electron chi connectivity index (χ0n) is 9.23. The first-order valence-electron chi connectivity index (χ1n) is 4.73. The van der Waals surface area contributed by atoms with E-state index < -0.39 is 35.9 Å². The van der Waals surface area contributed by atoms with Crippen molar-refractivity contribution >= 4 is 11.9 Å². The topological polar surface area (TPSA) is 70.5 Å². The lowest BCUT2D eigenvalue weighted by Gasteiger charge is -2.17. The van der Waals surface area contributed by atoms with Gasteiger partial charge in [-0.15, -0.1) is 0 Å². The fourth-order valence-electron chi connectivity index (χ4n) is 1.28. The highest BCUT2D eigenvalue weighted by molar-refractivity contribution is 5.96. The molecule has 0 radical (unpaired) electrons. The molecule has 0 fully saturated rings. The first-order chi connectivity index (χ1) is 8.23. The second-order valence-electron chi connectivity index (χ2n) is 3.45. The Bertz CT molecular complexity index is 474. The van der Waals surface area contributed by atoms with E-state index in [1.807, 2.05) is 0 Å². The highest BCUT2D eigenvalue weighted by atomic mass is 19.4. The van der Waals surface area contributed by atoms with Gasteiger partial charge >= 0.3 is 12.1 Å². The van der Waals surface area contributed by atoms with E-state index in [1.54, 1.807) is 0 Å². The van der Waals surface area contributed by atoms with Gasteiger partial charge in [0.25, 0.3) is 5.91 Å². The average Bonchev–Trinajstić information content (AvgIpc) is 2.26. The summed E-state index contributed by atoms with van der Waals surface area (Å²) in [6.07, 6.45) is -3.85. The van der Waals surface area contributed by atoms with Crippen molar-refractivity contribution in [1.29, 1.82) is 0 Å². The molecule has 1 N–H and O–H groups in total. The smallest absolute Gasteiger partial charge is 0.434 e. The number of nitrogens with zero attached hydrogens (tertiary/aromatic N) is 2. The third-order valence-electron chi connectivity index (χ3n) is 2.03. The van der Waals surface area contributed by atoms with Crippen LogP contribution in [0, 0.1) is 0 Å². The maximum Gasteiger partial charge on any atom is 0.434 e. The van der Waals surface area contributed by atoms with Gasteiger partial charge in [-0.2, -0.15) is 13.2 Å². The normalized spacial score (nSPS) is 11.1. The SMILES string of the molecule is CN(CC(=O)O)C(=O)c1cccnc1C(F)(F)F. The quantitative estimate of drug-likeness (QED) is 0.890. The molecule has 0 saturated carbocycles. The Morgan fingerprint density at radius 3 is 2.56 bits per heavy atom. The molecule has 0 aliphatic rings. The lowest BCUT2D eigenvalue weighted by molar-refractivity contribution is -0.141. The molecule has 0 aliphatic heterocycles. The third-order valence-corrected chi connectivity index (χ3v) is 2.03. The van der Waals surface area contributed by atoms with Gasteiger partial charge in [-0.3, -0.25) is 14.6 Å². The predicted octanol–water partition coefficient (Wildman–Crippen LogP) is 1.26. The van der Waals surface area contributed by atoms with Gasteiger partial charge in [0.2, 0.25) is 0 Å². The number of alkyl halides is 3. The largest absolute Gasteiger partial charge is 0.480 e. The van der Waals surface area contributed by atoms with E-state index in [0.29, 0.717) is 4.90 Å². The van der Waals surface area contributed by atoms with E-state index in [1.165, 1.54) is 6.07 Å². The first kappa shape index (κ1) is 13.9. The Morgan fingerprint density at radius 1 is 1.44 bits per heavy atom. The van der Waals surface area contributed by atoms with Crippen LogP contribution in [0.1, 0.15) is 16.1 Å². The number of hydrogen-bond acceptors (Lipinski definition) is 3. The number of carboxylic acid groups (broad SMARTS) is 1. The highest BCUT2D eigenvalue weighted by Crippen LogP contribution is 2.30. The lowest BCUT2D eigenvalue weighted by atomic mass is 10.1. The summed E-state index contributed by atoms with van der Waals surface area (Å²) in [6, 6.07) is 2.13. The number of carboxylic acids is 1. The summed E-state index contributed by atoms with van der Waals surface area (Å²) in [4.78, 5) is 25.9. The highest BCUT2D eigenvalue weighted by Gasteiger charge is 2.37. The minimum absolute atomic E-state index is 0.672. The van der Waals surface area contributed by atoms with Crippen molar-refractivity contribution in [2.45, 2.75) is 6.18 Å². The molecular weight excluding hydrogens is 253 g/mol. The van der Waals surface area contributed by atoms with E-state index in [2.05, 4.69) is 4.98 Å². The number of likely N-dealkylation sites (N-methyl/N-ethyl adjacent to an activating group) is 1. The van der Waals surface area contributed by atoms with Gasteiger partial charge in [-0.1, -0.05) is 0 Å². The Morgan fingerprint density at radius 2 is 2.06 bits per heavy atom. The number of halogens is 3. The molecule has 0 aromatic carbocycles. The first-order valence-corrected chi connectivity index (χ1v) is 4.73. The molecule has 8 heteroatoms. The molecule has 1 aromatic rings. The van der Waals surface area contributed by atoms with Crippen LogP contribution in [-0.2, 0) is 11.0 Å². The zero-order chi connectivity index (χ0) is 13.9. The van der Waals surface area contributed by atoms with Gasteiger partial charge < -0.3 is 10.0 Å².